The van der Waals surface area contributed by atoms with Gasteiger partial charge in [-0.3, -0.25) is 4.55 Å². The molecule has 0 unspecified atom stereocenters. The van der Waals surface area contributed by atoms with Crippen LogP contribution in [0.15, 0.2) is 47.4 Å². The van der Waals surface area contributed by atoms with Crippen molar-refractivity contribution in [2.45, 2.75) is 69.6 Å². The Morgan fingerprint density at radius 3 is 2.21 bits per heavy atom. The number of hydrogen-bond donors (Lipinski definition) is 1. The standard InChI is InChI=1S/C22H30O5S.K/c1-2-3-4-5-6-7-8-9-11-18-14-15-21(22(16-18)28(24,25)26)27-20-13-10-12-19(23)17-20;/h10,12-17,23H,2-9,11H2,1H3,(H,24,25,26);/q;+1/p-1. The molecule has 0 atom stereocenters. The predicted molar refractivity (Wildman–Crippen MR) is 109 cm³/mol. The summed E-state index contributed by atoms with van der Waals surface area (Å²) in [6.07, 6.45) is 10.3. The third-order valence-electron chi connectivity index (χ3n) is 4.64. The number of benzene rings is 2. The predicted octanol–water partition coefficient (Wildman–Crippen LogP) is 2.49. The molecule has 0 aliphatic heterocycles. The Hall–Kier alpha value is -0.414. The van der Waals surface area contributed by atoms with Gasteiger partial charge in [0.15, 0.2) is 0 Å². The van der Waals surface area contributed by atoms with Gasteiger partial charge in [-0.25, -0.2) is 0 Å². The van der Waals surface area contributed by atoms with Gasteiger partial charge in [-0.2, -0.15) is 8.42 Å². The SMILES string of the molecule is CCCCCCCCCCc1ccc(Oc2cccc([O-])c2)c(S(=O)(=O)O)c1.[K+]. The molecule has 0 bridgehead atoms. The van der Waals surface area contributed by atoms with Crippen LogP contribution in [-0.2, 0) is 16.5 Å². The van der Waals surface area contributed by atoms with Crippen LogP contribution in [0.2, 0.25) is 0 Å². The fourth-order valence-electron chi connectivity index (χ4n) is 3.12. The van der Waals surface area contributed by atoms with Gasteiger partial charge in [-0.1, -0.05) is 70.1 Å². The summed E-state index contributed by atoms with van der Waals surface area (Å²) < 4.78 is 38.6. The van der Waals surface area contributed by atoms with Crippen molar-refractivity contribution in [3.8, 4) is 17.2 Å². The zero-order valence-corrected chi connectivity index (χ0v) is 21.3. The minimum Gasteiger partial charge on any atom is -0.872 e. The fraction of sp³-hybridized carbons (Fsp3) is 0.455. The van der Waals surface area contributed by atoms with Crippen LogP contribution in [-0.4, -0.2) is 13.0 Å². The molecule has 2 aromatic rings. The summed E-state index contributed by atoms with van der Waals surface area (Å²) >= 11 is 0. The minimum atomic E-state index is -4.44. The van der Waals surface area contributed by atoms with Crippen LogP contribution in [0.3, 0.4) is 0 Å². The molecule has 29 heavy (non-hydrogen) atoms. The molecular weight excluding hydrogens is 415 g/mol. The quantitative estimate of drug-likeness (QED) is 0.309. The first-order valence-electron chi connectivity index (χ1n) is 9.95. The molecule has 2 rings (SSSR count). The van der Waals surface area contributed by atoms with Crippen molar-refractivity contribution >= 4 is 10.1 Å². The van der Waals surface area contributed by atoms with Crippen molar-refractivity contribution in [1.82, 2.24) is 0 Å². The van der Waals surface area contributed by atoms with E-state index in [0.717, 1.165) is 24.8 Å². The van der Waals surface area contributed by atoms with Gasteiger partial charge >= 0.3 is 51.4 Å². The van der Waals surface area contributed by atoms with Gasteiger partial charge in [0, 0.05) is 0 Å². The molecule has 0 radical (unpaired) electrons. The maximum absolute atomic E-state index is 11.8. The van der Waals surface area contributed by atoms with Crippen molar-refractivity contribution < 1.29 is 74.2 Å². The maximum Gasteiger partial charge on any atom is 1.00 e. The van der Waals surface area contributed by atoms with Crippen molar-refractivity contribution in [2.75, 3.05) is 0 Å². The molecule has 0 aliphatic rings. The zero-order valence-electron chi connectivity index (χ0n) is 17.4. The average Bonchev–Trinajstić information content (AvgIpc) is 2.64. The van der Waals surface area contributed by atoms with Crippen LogP contribution in [0.4, 0.5) is 0 Å². The van der Waals surface area contributed by atoms with E-state index >= 15 is 0 Å². The van der Waals surface area contributed by atoms with E-state index in [9.17, 15) is 18.1 Å². The Morgan fingerprint density at radius 1 is 0.931 bits per heavy atom. The number of unbranched alkanes of at least 4 members (excludes halogenated alkanes) is 7. The molecule has 0 heterocycles. The average molecular weight is 445 g/mol. The van der Waals surface area contributed by atoms with Gasteiger partial charge in [-0.05, 0) is 42.7 Å². The van der Waals surface area contributed by atoms with E-state index in [-0.39, 0.29) is 73.5 Å². The van der Waals surface area contributed by atoms with E-state index in [2.05, 4.69) is 6.92 Å². The summed E-state index contributed by atoms with van der Waals surface area (Å²) in [6, 6.07) is 10.5. The minimum absolute atomic E-state index is 0. The molecule has 0 aromatic heterocycles. The van der Waals surface area contributed by atoms with Crippen LogP contribution in [0.5, 0.6) is 17.2 Å². The summed E-state index contributed by atoms with van der Waals surface area (Å²) in [5, 5.41) is 11.4. The molecule has 5 nitrogen and oxygen atoms in total. The molecular formula is C22H29KO5S. The van der Waals surface area contributed by atoms with Crippen LogP contribution >= 0.6 is 0 Å². The second-order valence-electron chi connectivity index (χ2n) is 7.06. The third kappa shape index (κ3) is 9.96. The summed E-state index contributed by atoms with van der Waals surface area (Å²) in [5.41, 5.74) is 0.837. The van der Waals surface area contributed by atoms with Crippen molar-refractivity contribution in [3.05, 3.63) is 48.0 Å². The second kappa shape index (κ2) is 13.8. The zero-order chi connectivity index (χ0) is 20.4. The summed E-state index contributed by atoms with van der Waals surface area (Å²) in [4.78, 5) is -0.277. The van der Waals surface area contributed by atoms with Gasteiger partial charge in [-0.15, -0.1) is 5.75 Å². The van der Waals surface area contributed by atoms with Crippen LogP contribution in [0.1, 0.15) is 63.9 Å². The van der Waals surface area contributed by atoms with E-state index in [1.54, 1.807) is 12.1 Å². The van der Waals surface area contributed by atoms with Crippen LogP contribution < -0.4 is 61.2 Å². The van der Waals surface area contributed by atoms with Crippen molar-refractivity contribution in [1.29, 1.82) is 0 Å². The Balaban J connectivity index is 0.00000420. The Kier molecular flexibility index (Phi) is 12.7. The summed E-state index contributed by atoms with van der Waals surface area (Å²) in [5.74, 6) is -0.00165. The Labute approximate surface area is 217 Å². The molecule has 0 spiro atoms. The van der Waals surface area contributed by atoms with Gasteiger partial charge in [0.05, 0.1) is 0 Å². The van der Waals surface area contributed by atoms with E-state index in [1.807, 2.05) is 0 Å². The van der Waals surface area contributed by atoms with Crippen molar-refractivity contribution in [3.63, 3.8) is 0 Å². The normalized spacial score (nSPS) is 11.1. The number of ether oxygens (including phenoxy) is 1. The molecule has 0 saturated carbocycles. The smallest absolute Gasteiger partial charge is 0.872 e. The molecule has 2 aromatic carbocycles. The van der Waals surface area contributed by atoms with Gasteiger partial charge < -0.3 is 9.84 Å². The van der Waals surface area contributed by atoms with E-state index in [1.165, 1.54) is 68.9 Å². The number of aryl methyl sites for hydroxylation is 1. The molecule has 0 aliphatic carbocycles. The molecule has 1 N–H and O–H groups in total. The fourth-order valence-corrected chi connectivity index (χ4v) is 3.79. The maximum atomic E-state index is 11.8. The van der Waals surface area contributed by atoms with Crippen LogP contribution in [0.25, 0.3) is 0 Å². The monoisotopic (exact) mass is 444 g/mol. The van der Waals surface area contributed by atoms with Crippen LogP contribution in [0, 0.1) is 0 Å². The van der Waals surface area contributed by atoms with Gasteiger partial charge in [0.2, 0.25) is 0 Å². The first kappa shape index (κ1) is 26.6. The van der Waals surface area contributed by atoms with Crippen molar-refractivity contribution in [2.24, 2.45) is 0 Å². The molecule has 0 amide bonds. The Morgan fingerprint density at radius 2 is 1.59 bits per heavy atom. The van der Waals surface area contributed by atoms with E-state index in [4.69, 9.17) is 4.74 Å². The van der Waals surface area contributed by atoms with E-state index in [0.29, 0.717) is 0 Å². The third-order valence-corrected chi connectivity index (χ3v) is 5.51. The molecule has 154 valence electrons. The number of rotatable bonds is 12. The molecule has 0 saturated heterocycles. The first-order chi connectivity index (χ1) is 13.4. The number of hydrogen-bond acceptors (Lipinski definition) is 4. The molecule has 7 heteroatoms. The van der Waals surface area contributed by atoms with Gasteiger partial charge in [0.25, 0.3) is 10.1 Å². The first-order valence-corrected chi connectivity index (χ1v) is 11.4. The topological polar surface area (TPSA) is 86.7 Å². The summed E-state index contributed by atoms with van der Waals surface area (Å²) in [7, 11) is -4.44. The second-order valence-corrected chi connectivity index (χ2v) is 8.45. The summed E-state index contributed by atoms with van der Waals surface area (Å²) in [6.45, 7) is 2.21. The van der Waals surface area contributed by atoms with Gasteiger partial charge in [0.1, 0.15) is 16.4 Å². The Bertz CT molecular complexity index is 852. The largest absolute Gasteiger partial charge is 1.00 e. The molecule has 0 fully saturated rings. The van der Waals surface area contributed by atoms with E-state index < -0.39 is 10.1 Å².